The minimum absolute atomic E-state index is 0.0616. The maximum Gasteiger partial charge on any atom is 0.308 e. The fourth-order valence-electron chi connectivity index (χ4n) is 3.92. The number of carbonyl (C=O) groups is 4. The van der Waals surface area contributed by atoms with Crippen LogP contribution >= 0.6 is 0 Å². The second-order valence-electron chi connectivity index (χ2n) is 7.27. The molecule has 0 unspecified atom stereocenters. The van der Waals surface area contributed by atoms with E-state index < -0.39 is 28.4 Å². The van der Waals surface area contributed by atoms with Gasteiger partial charge in [-0.3, -0.25) is 34.2 Å². The smallest absolute Gasteiger partial charge is 0.308 e. The number of nitro benzene ring substituents is 1. The summed E-state index contributed by atoms with van der Waals surface area (Å²) in [7, 11) is 0. The van der Waals surface area contributed by atoms with Crippen LogP contribution in [-0.4, -0.2) is 64.2 Å². The summed E-state index contributed by atoms with van der Waals surface area (Å²) in [5.74, 6) is -2.49. The second kappa shape index (κ2) is 9.02. The van der Waals surface area contributed by atoms with Crippen LogP contribution in [0.1, 0.15) is 59.7 Å². The first-order chi connectivity index (χ1) is 14.3. The first kappa shape index (κ1) is 21.4. The molecule has 0 radical (unpaired) electrons. The van der Waals surface area contributed by atoms with Crippen molar-refractivity contribution in [2.45, 2.75) is 45.1 Å². The highest BCUT2D eigenvalue weighted by atomic mass is 16.6. The molecule has 1 aromatic carbocycles. The van der Waals surface area contributed by atoms with Crippen molar-refractivity contribution in [2.24, 2.45) is 0 Å². The summed E-state index contributed by atoms with van der Waals surface area (Å²) in [5, 5.41) is 11.1. The molecular formula is C20H23N3O7. The maximum absolute atomic E-state index is 12.5. The van der Waals surface area contributed by atoms with E-state index in [1.807, 2.05) is 6.92 Å². The number of benzene rings is 1. The van der Waals surface area contributed by atoms with Gasteiger partial charge in [0.25, 0.3) is 23.4 Å². The number of imide groups is 1. The van der Waals surface area contributed by atoms with Crippen molar-refractivity contribution in [2.75, 3.05) is 19.7 Å². The minimum Gasteiger partial charge on any atom is -0.456 e. The Balaban J connectivity index is 1.54. The van der Waals surface area contributed by atoms with Gasteiger partial charge in [0.05, 0.1) is 16.9 Å². The SMILES string of the molecule is CC[C@H]1CCCCN1C(=O)COC(=O)CCN1C(=O)c2cccc([N+](=O)[O-])c2C1=O. The van der Waals surface area contributed by atoms with Gasteiger partial charge >= 0.3 is 5.97 Å². The molecule has 0 aromatic heterocycles. The fraction of sp³-hybridized carbons (Fsp3) is 0.500. The van der Waals surface area contributed by atoms with Crippen LogP contribution in [0.5, 0.6) is 0 Å². The van der Waals surface area contributed by atoms with Crippen LogP contribution in [0.2, 0.25) is 0 Å². The van der Waals surface area contributed by atoms with Crippen molar-refractivity contribution in [3.63, 3.8) is 0 Å². The maximum atomic E-state index is 12.5. The van der Waals surface area contributed by atoms with E-state index in [9.17, 15) is 29.3 Å². The Labute approximate surface area is 172 Å². The predicted molar refractivity (Wildman–Crippen MR) is 104 cm³/mol. The molecule has 1 saturated heterocycles. The lowest BCUT2D eigenvalue weighted by atomic mass is 10.00. The van der Waals surface area contributed by atoms with Gasteiger partial charge in [-0.25, -0.2) is 0 Å². The standard InChI is InChI=1S/C20H23N3O7/c1-2-13-6-3-4-10-21(13)16(24)12-30-17(25)9-11-22-19(26)14-7-5-8-15(23(28)29)18(14)20(22)27/h5,7-8,13H,2-4,6,9-12H2,1H3/t13-/m0/s1. The zero-order chi connectivity index (χ0) is 21.8. The number of amides is 3. The minimum atomic E-state index is -0.815. The van der Waals surface area contributed by atoms with Crippen molar-refractivity contribution in [3.8, 4) is 0 Å². The van der Waals surface area contributed by atoms with E-state index in [1.54, 1.807) is 4.90 Å². The number of esters is 1. The van der Waals surface area contributed by atoms with Crippen LogP contribution in [0.15, 0.2) is 18.2 Å². The second-order valence-corrected chi connectivity index (χ2v) is 7.27. The van der Waals surface area contributed by atoms with Gasteiger partial charge in [-0.05, 0) is 31.7 Å². The summed E-state index contributed by atoms with van der Waals surface area (Å²) in [5.41, 5.74) is -0.784. The van der Waals surface area contributed by atoms with Crippen LogP contribution in [-0.2, 0) is 14.3 Å². The third kappa shape index (κ3) is 4.17. The molecule has 1 atom stereocenters. The highest BCUT2D eigenvalue weighted by Crippen LogP contribution is 2.30. The molecule has 3 rings (SSSR count). The molecule has 3 amide bonds. The van der Waals surface area contributed by atoms with Gasteiger partial charge in [0.1, 0.15) is 5.56 Å². The number of piperidine rings is 1. The Morgan fingerprint density at radius 2 is 2.00 bits per heavy atom. The number of ether oxygens (including phenoxy) is 1. The van der Waals surface area contributed by atoms with Crippen molar-refractivity contribution >= 4 is 29.4 Å². The number of carbonyl (C=O) groups excluding carboxylic acids is 4. The molecule has 30 heavy (non-hydrogen) atoms. The number of rotatable bonds is 7. The molecule has 0 N–H and O–H groups in total. The lowest BCUT2D eigenvalue weighted by Crippen LogP contribution is -2.45. The molecule has 0 aliphatic carbocycles. The summed E-state index contributed by atoms with van der Waals surface area (Å²) in [4.78, 5) is 62.2. The quantitative estimate of drug-likeness (QED) is 0.287. The van der Waals surface area contributed by atoms with Gasteiger partial charge in [0.15, 0.2) is 6.61 Å². The molecule has 10 nitrogen and oxygen atoms in total. The first-order valence-electron chi connectivity index (χ1n) is 9.93. The molecule has 0 bridgehead atoms. The van der Waals surface area contributed by atoms with E-state index in [2.05, 4.69) is 0 Å². The Bertz CT molecular complexity index is 898. The largest absolute Gasteiger partial charge is 0.456 e. The van der Waals surface area contributed by atoms with Gasteiger partial charge in [-0.2, -0.15) is 0 Å². The van der Waals surface area contributed by atoms with Gasteiger partial charge in [0, 0.05) is 25.2 Å². The third-order valence-corrected chi connectivity index (χ3v) is 5.49. The monoisotopic (exact) mass is 417 g/mol. The molecule has 10 heteroatoms. The Kier molecular flexibility index (Phi) is 6.43. The van der Waals surface area contributed by atoms with E-state index in [4.69, 9.17) is 4.74 Å². The van der Waals surface area contributed by atoms with Crippen LogP contribution in [0.4, 0.5) is 5.69 Å². The van der Waals surface area contributed by atoms with Crippen LogP contribution in [0, 0.1) is 10.1 Å². The highest BCUT2D eigenvalue weighted by molar-refractivity contribution is 6.23. The fourth-order valence-corrected chi connectivity index (χ4v) is 3.92. The van der Waals surface area contributed by atoms with Crippen molar-refractivity contribution in [1.29, 1.82) is 0 Å². The zero-order valence-electron chi connectivity index (χ0n) is 16.7. The van der Waals surface area contributed by atoms with Crippen LogP contribution < -0.4 is 0 Å². The number of hydrogen-bond acceptors (Lipinski definition) is 7. The lowest BCUT2D eigenvalue weighted by molar-refractivity contribution is -0.385. The molecule has 0 saturated carbocycles. The van der Waals surface area contributed by atoms with Gasteiger partial charge in [-0.15, -0.1) is 0 Å². The molecule has 160 valence electrons. The number of hydrogen-bond donors (Lipinski definition) is 0. The van der Waals surface area contributed by atoms with Crippen LogP contribution in [0.3, 0.4) is 0 Å². The van der Waals surface area contributed by atoms with Gasteiger partial charge < -0.3 is 9.64 Å². The normalized spacial score (nSPS) is 18.4. The van der Waals surface area contributed by atoms with E-state index in [-0.39, 0.29) is 42.6 Å². The topological polar surface area (TPSA) is 127 Å². The summed E-state index contributed by atoms with van der Waals surface area (Å²) in [6.07, 6.45) is 3.46. The van der Waals surface area contributed by atoms with E-state index in [0.29, 0.717) is 6.54 Å². The Morgan fingerprint density at radius 1 is 1.23 bits per heavy atom. The molecule has 2 aliphatic rings. The molecule has 2 aliphatic heterocycles. The summed E-state index contributed by atoms with van der Waals surface area (Å²) in [6, 6.07) is 3.97. The number of fused-ring (bicyclic) bond motifs is 1. The molecular weight excluding hydrogens is 394 g/mol. The van der Waals surface area contributed by atoms with Crippen LogP contribution in [0.25, 0.3) is 0 Å². The Morgan fingerprint density at radius 3 is 2.70 bits per heavy atom. The average Bonchev–Trinajstić information content (AvgIpc) is 3.00. The van der Waals surface area contributed by atoms with Crippen molar-refractivity contribution in [1.82, 2.24) is 9.80 Å². The first-order valence-corrected chi connectivity index (χ1v) is 9.93. The summed E-state index contributed by atoms with van der Waals surface area (Å²) >= 11 is 0. The lowest BCUT2D eigenvalue weighted by Gasteiger charge is -2.35. The van der Waals surface area contributed by atoms with Crippen molar-refractivity contribution in [3.05, 3.63) is 39.4 Å². The van der Waals surface area contributed by atoms with Gasteiger partial charge in [0.2, 0.25) is 0 Å². The summed E-state index contributed by atoms with van der Waals surface area (Å²) < 4.78 is 5.03. The number of nitrogens with zero attached hydrogens (tertiary/aromatic N) is 3. The van der Waals surface area contributed by atoms with Crippen molar-refractivity contribution < 1.29 is 28.8 Å². The zero-order valence-corrected chi connectivity index (χ0v) is 16.7. The average molecular weight is 417 g/mol. The van der Waals surface area contributed by atoms with Gasteiger partial charge in [-0.1, -0.05) is 13.0 Å². The molecule has 0 spiro atoms. The van der Waals surface area contributed by atoms with E-state index >= 15 is 0 Å². The highest BCUT2D eigenvalue weighted by Gasteiger charge is 2.40. The Hall–Kier alpha value is -3.30. The number of nitro groups is 1. The molecule has 1 aromatic rings. The third-order valence-electron chi connectivity index (χ3n) is 5.49. The summed E-state index contributed by atoms with van der Waals surface area (Å²) in [6.45, 7) is 1.98. The molecule has 2 heterocycles. The van der Waals surface area contributed by atoms with E-state index in [1.165, 1.54) is 12.1 Å². The molecule has 1 fully saturated rings. The number of likely N-dealkylation sites (tertiary alicyclic amines) is 1. The predicted octanol–water partition coefficient (Wildman–Crippen LogP) is 1.92. The van der Waals surface area contributed by atoms with E-state index in [0.717, 1.165) is 36.6 Å².